The number of rotatable bonds is 5. The van der Waals surface area contributed by atoms with Crippen LogP contribution in [0.25, 0.3) is 11.4 Å². The van der Waals surface area contributed by atoms with Gasteiger partial charge in [0.25, 0.3) is 5.56 Å². The van der Waals surface area contributed by atoms with Crippen LogP contribution in [0, 0.1) is 0 Å². The van der Waals surface area contributed by atoms with Gasteiger partial charge in [0, 0.05) is 45.0 Å². The summed E-state index contributed by atoms with van der Waals surface area (Å²) in [6, 6.07) is 18.9. The average molecular weight is 389 g/mol. The van der Waals surface area contributed by atoms with E-state index in [0.29, 0.717) is 24.5 Å². The van der Waals surface area contributed by atoms with Gasteiger partial charge in [-0.15, -0.1) is 0 Å². The topological polar surface area (TPSA) is 71.3 Å². The van der Waals surface area contributed by atoms with Crippen LogP contribution >= 0.6 is 0 Å². The van der Waals surface area contributed by atoms with Crippen molar-refractivity contribution in [1.82, 2.24) is 24.6 Å². The van der Waals surface area contributed by atoms with Crippen molar-refractivity contribution in [2.75, 3.05) is 26.2 Å². The molecule has 0 atom stereocenters. The molecule has 29 heavy (non-hydrogen) atoms. The summed E-state index contributed by atoms with van der Waals surface area (Å²) in [5.41, 5.74) is 2.23. The molecule has 1 fully saturated rings. The van der Waals surface area contributed by atoms with Gasteiger partial charge in [0.15, 0.2) is 0 Å². The second-order valence-electron chi connectivity index (χ2n) is 7.07. The first-order valence-electron chi connectivity index (χ1n) is 9.73. The largest absolute Gasteiger partial charge is 0.339 e. The first-order chi connectivity index (χ1) is 14.2. The number of nitrogens with zero attached hydrogens (tertiary/aromatic N) is 5. The van der Waals surface area contributed by atoms with Crippen molar-refractivity contribution in [2.45, 2.75) is 13.1 Å². The van der Waals surface area contributed by atoms with E-state index in [4.69, 9.17) is 0 Å². The van der Waals surface area contributed by atoms with Crippen LogP contribution < -0.4 is 5.56 Å². The van der Waals surface area contributed by atoms with Gasteiger partial charge >= 0.3 is 0 Å². The third-order valence-corrected chi connectivity index (χ3v) is 5.05. The van der Waals surface area contributed by atoms with Crippen LogP contribution in [-0.4, -0.2) is 56.7 Å². The highest BCUT2D eigenvalue weighted by Crippen LogP contribution is 2.11. The van der Waals surface area contributed by atoms with Crippen LogP contribution in [-0.2, 0) is 17.9 Å². The normalized spacial score (nSPS) is 14.7. The third kappa shape index (κ3) is 4.75. The molecule has 3 aromatic rings. The fourth-order valence-electron chi connectivity index (χ4n) is 3.44. The maximum absolute atomic E-state index is 12.7. The van der Waals surface area contributed by atoms with E-state index < -0.39 is 0 Å². The minimum absolute atomic E-state index is 0.0573. The summed E-state index contributed by atoms with van der Waals surface area (Å²) >= 11 is 0. The summed E-state index contributed by atoms with van der Waals surface area (Å²) < 4.78 is 1.22. The fraction of sp³-hybridized carbons (Fsp3) is 0.273. The molecule has 1 aromatic carbocycles. The van der Waals surface area contributed by atoms with Gasteiger partial charge in [-0.2, -0.15) is 5.10 Å². The predicted octanol–water partition coefficient (Wildman–Crippen LogP) is 1.65. The van der Waals surface area contributed by atoms with Crippen LogP contribution in [0.15, 0.2) is 71.7 Å². The second kappa shape index (κ2) is 8.79. The zero-order chi connectivity index (χ0) is 20.1. The molecule has 3 heterocycles. The van der Waals surface area contributed by atoms with Gasteiger partial charge in [-0.1, -0.05) is 36.4 Å². The van der Waals surface area contributed by atoms with E-state index in [1.54, 1.807) is 12.3 Å². The number of hydrogen-bond donors (Lipinski definition) is 0. The summed E-state index contributed by atoms with van der Waals surface area (Å²) in [5, 5.41) is 4.33. The number of amides is 1. The molecule has 1 aliphatic heterocycles. The lowest BCUT2D eigenvalue weighted by atomic mass is 10.2. The summed E-state index contributed by atoms with van der Waals surface area (Å²) in [6.07, 6.45) is 1.67. The van der Waals surface area contributed by atoms with Gasteiger partial charge in [0.1, 0.15) is 12.2 Å². The zero-order valence-electron chi connectivity index (χ0n) is 16.1. The molecule has 0 N–H and O–H groups in total. The highest BCUT2D eigenvalue weighted by Gasteiger charge is 2.22. The molecule has 1 aliphatic rings. The molecule has 1 saturated heterocycles. The lowest BCUT2D eigenvalue weighted by Crippen LogP contribution is -2.49. The third-order valence-electron chi connectivity index (χ3n) is 5.05. The van der Waals surface area contributed by atoms with E-state index in [2.05, 4.69) is 27.1 Å². The fourth-order valence-corrected chi connectivity index (χ4v) is 3.44. The van der Waals surface area contributed by atoms with Gasteiger partial charge in [-0.05, 0) is 23.8 Å². The highest BCUT2D eigenvalue weighted by molar-refractivity contribution is 5.76. The van der Waals surface area contributed by atoms with Crippen molar-refractivity contribution in [2.24, 2.45) is 0 Å². The zero-order valence-corrected chi connectivity index (χ0v) is 16.1. The highest BCUT2D eigenvalue weighted by atomic mass is 16.2. The Bertz CT molecular complexity index is 1010. The Labute approximate surface area is 169 Å². The van der Waals surface area contributed by atoms with E-state index in [9.17, 15) is 9.59 Å². The van der Waals surface area contributed by atoms with Crippen LogP contribution in [0.5, 0.6) is 0 Å². The number of pyridine rings is 1. The van der Waals surface area contributed by atoms with Gasteiger partial charge < -0.3 is 4.90 Å². The minimum Gasteiger partial charge on any atom is -0.339 e. The van der Waals surface area contributed by atoms with Crippen LogP contribution in [0.4, 0.5) is 0 Å². The Morgan fingerprint density at radius 3 is 2.34 bits per heavy atom. The molecule has 1 amide bonds. The number of carbonyl (C=O) groups excluding carboxylic acids is 1. The molecule has 0 radical (unpaired) electrons. The number of benzene rings is 1. The van der Waals surface area contributed by atoms with Crippen molar-refractivity contribution in [3.63, 3.8) is 0 Å². The summed E-state index contributed by atoms with van der Waals surface area (Å²) in [5.74, 6) is -0.0860. The molecule has 7 heteroatoms. The Morgan fingerprint density at radius 1 is 0.862 bits per heavy atom. The lowest BCUT2D eigenvalue weighted by Gasteiger charge is -2.34. The van der Waals surface area contributed by atoms with Gasteiger partial charge in [0.2, 0.25) is 5.91 Å². The number of hydrogen-bond acceptors (Lipinski definition) is 5. The molecule has 0 aliphatic carbocycles. The molecule has 0 saturated carbocycles. The predicted molar refractivity (Wildman–Crippen MR) is 110 cm³/mol. The second-order valence-corrected chi connectivity index (χ2v) is 7.07. The minimum atomic E-state index is -0.291. The molecule has 4 rings (SSSR count). The van der Waals surface area contributed by atoms with E-state index in [1.807, 2.05) is 41.3 Å². The van der Waals surface area contributed by atoms with Gasteiger partial charge in [-0.25, -0.2) is 4.68 Å². The Morgan fingerprint density at radius 2 is 1.62 bits per heavy atom. The Hall–Kier alpha value is -3.32. The van der Waals surface area contributed by atoms with Crippen molar-refractivity contribution in [3.05, 3.63) is 82.8 Å². The van der Waals surface area contributed by atoms with Crippen LogP contribution in [0.2, 0.25) is 0 Å². The maximum Gasteiger partial charge on any atom is 0.267 e. The Balaban J connectivity index is 1.37. The van der Waals surface area contributed by atoms with E-state index in [-0.39, 0.29) is 18.0 Å². The smallest absolute Gasteiger partial charge is 0.267 e. The SMILES string of the molecule is O=C(Cn1nc(-c2ccccn2)ccc1=O)N1CCN(Cc2ccccc2)CC1. The monoisotopic (exact) mass is 389 g/mol. The number of aromatic nitrogens is 3. The van der Waals surface area contributed by atoms with Crippen molar-refractivity contribution in [3.8, 4) is 11.4 Å². The first-order valence-corrected chi connectivity index (χ1v) is 9.73. The van der Waals surface area contributed by atoms with Crippen molar-refractivity contribution < 1.29 is 4.79 Å². The first kappa shape index (κ1) is 19.0. The van der Waals surface area contributed by atoms with Crippen molar-refractivity contribution in [1.29, 1.82) is 0 Å². The van der Waals surface area contributed by atoms with Gasteiger partial charge in [-0.3, -0.25) is 19.5 Å². The molecule has 0 spiro atoms. The van der Waals surface area contributed by atoms with Gasteiger partial charge in [0.05, 0.1) is 5.69 Å². The van der Waals surface area contributed by atoms with Crippen LogP contribution in [0.1, 0.15) is 5.56 Å². The van der Waals surface area contributed by atoms with Crippen molar-refractivity contribution >= 4 is 5.91 Å². The Kier molecular flexibility index (Phi) is 5.76. The molecular weight excluding hydrogens is 366 g/mol. The average Bonchev–Trinajstić information content (AvgIpc) is 2.77. The molecular formula is C22H23N5O2. The molecule has 2 aromatic heterocycles. The summed E-state index contributed by atoms with van der Waals surface area (Å²) in [4.78, 5) is 33.3. The maximum atomic E-state index is 12.7. The lowest BCUT2D eigenvalue weighted by molar-refractivity contribution is -0.133. The summed E-state index contributed by atoms with van der Waals surface area (Å²) in [6.45, 7) is 3.77. The molecule has 0 unspecified atom stereocenters. The molecule has 0 bridgehead atoms. The number of carbonyl (C=O) groups is 1. The molecule has 148 valence electrons. The standard InChI is InChI=1S/C22H23N5O2/c28-21-10-9-20(19-8-4-5-11-23-19)24-27(21)17-22(29)26-14-12-25(13-15-26)16-18-6-2-1-3-7-18/h1-11H,12-17H2. The van der Waals surface area contributed by atoms with E-state index in [0.717, 1.165) is 19.6 Å². The van der Waals surface area contributed by atoms with Crippen LogP contribution in [0.3, 0.4) is 0 Å². The molecule has 7 nitrogen and oxygen atoms in total. The summed E-state index contributed by atoms with van der Waals surface area (Å²) in [7, 11) is 0. The van der Waals surface area contributed by atoms with E-state index in [1.165, 1.54) is 16.3 Å². The number of piperazine rings is 1. The quantitative estimate of drug-likeness (QED) is 0.664. The van der Waals surface area contributed by atoms with E-state index >= 15 is 0 Å².